The Kier molecular flexibility index (Phi) is 9.13. The van der Waals surface area contributed by atoms with Crippen LogP contribution in [0.25, 0.3) is 0 Å². The van der Waals surface area contributed by atoms with Gasteiger partial charge in [0.1, 0.15) is 5.54 Å². The van der Waals surface area contributed by atoms with Gasteiger partial charge in [0, 0.05) is 38.5 Å². The molecule has 6 nitrogen and oxygen atoms in total. The smallest absolute Gasteiger partial charge is 0.244 e. The van der Waals surface area contributed by atoms with Crippen molar-refractivity contribution in [3.63, 3.8) is 0 Å². The molecule has 2 aliphatic heterocycles. The molecule has 1 aromatic rings. The molecule has 0 spiro atoms. The third-order valence-corrected chi connectivity index (χ3v) is 4.53. The molecule has 0 saturated carbocycles. The number of carbonyl (C=O) groups is 1. The summed E-state index contributed by atoms with van der Waals surface area (Å²) in [5, 5.41) is 2.97. The van der Waals surface area contributed by atoms with Gasteiger partial charge in [-0.1, -0.05) is 12.1 Å². The predicted octanol–water partition coefficient (Wildman–Crippen LogP) is 1.81. The van der Waals surface area contributed by atoms with E-state index in [1.54, 1.807) is 0 Å². The Morgan fingerprint density at radius 2 is 1.76 bits per heavy atom. The van der Waals surface area contributed by atoms with Crippen LogP contribution in [-0.2, 0) is 20.8 Å². The van der Waals surface area contributed by atoms with Crippen molar-refractivity contribution in [3.8, 4) is 0 Å². The minimum absolute atomic E-state index is 0. The van der Waals surface area contributed by atoms with E-state index in [1.807, 2.05) is 18.2 Å². The monoisotopic (exact) mass is 391 g/mol. The molecule has 2 saturated heterocycles. The van der Waals surface area contributed by atoms with Gasteiger partial charge < -0.3 is 20.5 Å². The number of nitrogens with zero attached hydrogens (tertiary/aromatic N) is 1. The van der Waals surface area contributed by atoms with Gasteiger partial charge in [-0.2, -0.15) is 0 Å². The first-order chi connectivity index (χ1) is 11.2. The molecule has 142 valence electrons. The molecule has 0 aromatic heterocycles. The molecule has 3 N–H and O–H groups in total. The van der Waals surface area contributed by atoms with Crippen molar-refractivity contribution in [1.82, 2.24) is 4.90 Å². The van der Waals surface area contributed by atoms with E-state index in [-0.39, 0.29) is 30.7 Å². The minimum Gasteiger partial charge on any atom is -0.381 e. The highest BCUT2D eigenvalue weighted by Crippen LogP contribution is 2.21. The first-order valence-corrected chi connectivity index (χ1v) is 8.23. The van der Waals surface area contributed by atoms with Gasteiger partial charge in [-0.05, 0) is 30.5 Å². The Bertz CT molecular complexity index is 548. The van der Waals surface area contributed by atoms with Crippen LogP contribution in [0.4, 0.5) is 5.69 Å². The van der Waals surface area contributed by atoms with Gasteiger partial charge in [0.05, 0.1) is 13.2 Å². The molecular formula is C17H27Cl2N3O3. The summed E-state index contributed by atoms with van der Waals surface area (Å²) >= 11 is 0. The van der Waals surface area contributed by atoms with Gasteiger partial charge in [0.25, 0.3) is 0 Å². The van der Waals surface area contributed by atoms with Crippen LogP contribution >= 0.6 is 24.8 Å². The number of amides is 1. The second kappa shape index (κ2) is 10.3. The maximum atomic E-state index is 12.5. The second-order valence-electron chi connectivity index (χ2n) is 6.31. The quantitative estimate of drug-likeness (QED) is 0.818. The number of nitrogens with two attached hydrogens (primary N) is 1. The van der Waals surface area contributed by atoms with Crippen LogP contribution in [0.2, 0.25) is 0 Å². The molecule has 8 heteroatoms. The standard InChI is InChI=1S/C17H25N3O3.2ClH/c18-17(4-8-22-9-5-17)16(21)19-15-3-1-2-14(12-15)13-20-6-10-23-11-7-20;;/h1-3,12H,4-11,13,18H2,(H,19,21);2*1H. The number of rotatable bonds is 4. The van der Waals surface area contributed by atoms with Crippen LogP contribution in [0.15, 0.2) is 24.3 Å². The van der Waals surface area contributed by atoms with Crippen molar-refractivity contribution in [2.24, 2.45) is 5.73 Å². The molecule has 1 amide bonds. The van der Waals surface area contributed by atoms with Crippen molar-refractivity contribution in [2.45, 2.75) is 24.9 Å². The maximum absolute atomic E-state index is 12.5. The highest BCUT2D eigenvalue weighted by molar-refractivity contribution is 5.98. The summed E-state index contributed by atoms with van der Waals surface area (Å²) in [5.41, 5.74) is 7.39. The summed E-state index contributed by atoms with van der Waals surface area (Å²) in [7, 11) is 0. The molecule has 2 aliphatic rings. The summed E-state index contributed by atoms with van der Waals surface area (Å²) in [5.74, 6) is -0.121. The van der Waals surface area contributed by atoms with Crippen LogP contribution in [0, 0.1) is 0 Å². The lowest BCUT2D eigenvalue weighted by atomic mass is 9.90. The average Bonchev–Trinajstić information content (AvgIpc) is 2.57. The zero-order valence-corrected chi connectivity index (χ0v) is 15.9. The fourth-order valence-electron chi connectivity index (χ4n) is 2.98. The fourth-order valence-corrected chi connectivity index (χ4v) is 2.98. The lowest BCUT2D eigenvalue weighted by Crippen LogP contribution is -2.54. The van der Waals surface area contributed by atoms with E-state index in [9.17, 15) is 4.79 Å². The maximum Gasteiger partial charge on any atom is 0.244 e. The molecule has 2 fully saturated rings. The lowest BCUT2D eigenvalue weighted by molar-refractivity contribution is -0.124. The Morgan fingerprint density at radius 1 is 1.12 bits per heavy atom. The summed E-state index contributed by atoms with van der Waals surface area (Å²) in [6.45, 7) is 5.42. The van der Waals surface area contributed by atoms with Crippen molar-refractivity contribution in [1.29, 1.82) is 0 Å². The second-order valence-corrected chi connectivity index (χ2v) is 6.31. The number of hydrogen-bond acceptors (Lipinski definition) is 5. The van der Waals surface area contributed by atoms with Crippen LogP contribution < -0.4 is 11.1 Å². The van der Waals surface area contributed by atoms with E-state index < -0.39 is 5.54 Å². The summed E-state index contributed by atoms with van der Waals surface area (Å²) in [6.07, 6.45) is 1.12. The van der Waals surface area contributed by atoms with Gasteiger partial charge in [0.2, 0.25) is 5.91 Å². The van der Waals surface area contributed by atoms with E-state index in [0.29, 0.717) is 26.1 Å². The molecule has 0 unspecified atom stereocenters. The van der Waals surface area contributed by atoms with Gasteiger partial charge >= 0.3 is 0 Å². The molecule has 3 rings (SSSR count). The number of nitrogens with one attached hydrogen (secondary N) is 1. The summed E-state index contributed by atoms with van der Waals surface area (Å²) in [4.78, 5) is 14.8. The van der Waals surface area contributed by atoms with E-state index in [4.69, 9.17) is 15.2 Å². The van der Waals surface area contributed by atoms with Crippen LogP contribution in [0.5, 0.6) is 0 Å². The van der Waals surface area contributed by atoms with Crippen molar-refractivity contribution in [2.75, 3.05) is 44.8 Å². The first-order valence-electron chi connectivity index (χ1n) is 8.23. The minimum atomic E-state index is -0.821. The first kappa shape index (κ1) is 22.2. The molecule has 0 radical (unpaired) electrons. The van der Waals surface area contributed by atoms with Gasteiger partial charge in [0.15, 0.2) is 0 Å². The van der Waals surface area contributed by atoms with E-state index in [1.165, 1.54) is 5.56 Å². The normalized spacial score (nSPS) is 20.0. The predicted molar refractivity (Wildman–Crippen MR) is 103 cm³/mol. The van der Waals surface area contributed by atoms with Gasteiger partial charge in [-0.25, -0.2) is 0 Å². The topological polar surface area (TPSA) is 76.8 Å². The molecule has 0 bridgehead atoms. The third kappa shape index (κ3) is 6.09. The van der Waals surface area contributed by atoms with E-state index >= 15 is 0 Å². The third-order valence-electron chi connectivity index (χ3n) is 4.53. The number of morpholine rings is 1. The molecule has 2 heterocycles. The Balaban J connectivity index is 0.00000156. The van der Waals surface area contributed by atoms with Crippen molar-refractivity contribution < 1.29 is 14.3 Å². The molecule has 25 heavy (non-hydrogen) atoms. The highest BCUT2D eigenvalue weighted by Gasteiger charge is 2.35. The number of anilines is 1. The number of benzene rings is 1. The molecular weight excluding hydrogens is 365 g/mol. The zero-order chi connectivity index (χ0) is 16.1. The summed E-state index contributed by atoms with van der Waals surface area (Å²) in [6, 6.07) is 7.98. The van der Waals surface area contributed by atoms with Crippen LogP contribution in [0.3, 0.4) is 0 Å². The number of hydrogen-bond donors (Lipinski definition) is 2. The average molecular weight is 392 g/mol. The number of halogens is 2. The Labute approximate surface area is 161 Å². The summed E-state index contributed by atoms with van der Waals surface area (Å²) < 4.78 is 10.7. The molecule has 0 aliphatic carbocycles. The van der Waals surface area contributed by atoms with Crippen LogP contribution in [-0.4, -0.2) is 55.9 Å². The Morgan fingerprint density at radius 3 is 2.44 bits per heavy atom. The lowest BCUT2D eigenvalue weighted by Gasteiger charge is -2.31. The largest absolute Gasteiger partial charge is 0.381 e. The number of ether oxygens (including phenoxy) is 2. The van der Waals surface area contributed by atoms with Crippen LogP contribution in [0.1, 0.15) is 18.4 Å². The molecule has 0 atom stereocenters. The van der Waals surface area contributed by atoms with Gasteiger partial charge in [-0.3, -0.25) is 9.69 Å². The Hall–Kier alpha value is -0.890. The SMILES string of the molecule is Cl.Cl.NC1(C(=O)Nc2cccc(CN3CCOCC3)c2)CCOCC1. The van der Waals surface area contributed by atoms with Gasteiger partial charge in [-0.15, -0.1) is 24.8 Å². The van der Waals surface area contributed by atoms with E-state index in [2.05, 4.69) is 16.3 Å². The fraction of sp³-hybridized carbons (Fsp3) is 0.588. The molecule has 1 aromatic carbocycles. The van der Waals surface area contributed by atoms with Crippen molar-refractivity contribution in [3.05, 3.63) is 29.8 Å². The number of carbonyl (C=O) groups excluding carboxylic acids is 1. The van der Waals surface area contributed by atoms with Crippen molar-refractivity contribution >= 4 is 36.4 Å². The van der Waals surface area contributed by atoms with E-state index in [0.717, 1.165) is 38.5 Å². The zero-order valence-electron chi connectivity index (χ0n) is 14.2. The highest BCUT2D eigenvalue weighted by atomic mass is 35.5.